The van der Waals surface area contributed by atoms with Gasteiger partial charge in [0.25, 0.3) is 0 Å². The highest BCUT2D eigenvalue weighted by atomic mass is 16.4. The average molecular weight is 219 g/mol. The molecule has 0 aromatic rings. The third-order valence-electron chi connectivity index (χ3n) is 1.82. The fourth-order valence-corrected chi connectivity index (χ4v) is 1.11. The van der Waals surface area contributed by atoms with E-state index in [0.717, 1.165) is 12.6 Å². The number of nitrogens with two attached hydrogens (primary N) is 1. The summed E-state index contributed by atoms with van der Waals surface area (Å²) in [6.45, 7) is 2.65. The molecule has 0 saturated heterocycles. The van der Waals surface area contributed by atoms with Crippen molar-refractivity contribution in [3.8, 4) is 0 Å². The topological polar surface area (TPSA) is 124 Å². The molecular formula is C9H17NO5. The summed E-state index contributed by atoms with van der Waals surface area (Å²) in [6.07, 6.45) is -2.86. The number of aliphatic hydroxyl groups is 3. The van der Waals surface area contributed by atoms with Crippen LogP contribution in [0.3, 0.4) is 0 Å². The predicted octanol–water partition coefficient (Wildman–Crippen LogP) is -1.55. The molecule has 0 radical (unpaired) electrons. The smallest absolute Gasteiger partial charge is 0.331 e. The van der Waals surface area contributed by atoms with Gasteiger partial charge in [0.15, 0.2) is 0 Å². The summed E-state index contributed by atoms with van der Waals surface area (Å²) in [4.78, 5) is 10.4. The Morgan fingerprint density at radius 3 is 2.33 bits per heavy atom. The van der Waals surface area contributed by atoms with Crippen molar-refractivity contribution in [3.63, 3.8) is 0 Å². The molecule has 3 unspecified atom stereocenters. The van der Waals surface area contributed by atoms with Crippen LogP contribution >= 0.6 is 0 Å². The minimum absolute atomic E-state index is 0.0692. The first kappa shape index (κ1) is 14.1. The Morgan fingerprint density at radius 2 is 2.00 bits per heavy atom. The quantitative estimate of drug-likeness (QED) is 0.363. The Kier molecular flexibility index (Phi) is 6.11. The van der Waals surface area contributed by atoms with Crippen molar-refractivity contribution in [2.75, 3.05) is 6.54 Å². The summed E-state index contributed by atoms with van der Waals surface area (Å²) in [5.74, 6) is -1.18. The van der Waals surface area contributed by atoms with Crippen molar-refractivity contribution in [3.05, 3.63) is 11.6 Å². The lowest BCUT2D eigenvalue weighted by Crippen LogP contribution is -2.40. The van der Waals surface area contributed by atoms with E-state index in [1.54, 1.807) is 0 Å². The first-order chi connectivity index (χ1) is 6.93. The van der Waals surface area contributed by atoms with Crippen molar-refractivity contribution in [1.82, 2.24) is 0 Å². The predicted molar refractivity (Wildman–Crippen MR) is 53.1 cm³/mol. The molecule has 88 valence electrons. The minimum Gasteiger partial charge on any atom is -0.478 e. The van der Waals surface area contributed by atoms with E-state index in [0.29, 0.717) is 0 Å². The van der Waals surface area contributed by atoms with Crippen molar-refractivity contribution in [2.45, 2.75) is 31.7 Å². The second kappa shape index (κ2) is 6.52. The standard InChI is InChI=1S/C7H10O5.C2H7N/c8-4-1-3(7(11)12)2-5(9)6(4)10;1-2-3/h1,4-6,8-10H,2H2,(H,11,12);2-3H2,1H3. The summed E-state index contributed by atoms with van der Waals surface area (Å²) in [7, 11) is 0. The van der Waals surface area contributed by atoms with Gasteiger partial charge in [0.05, 0.1) is 6.10 Å². The molecule has 15 heavy (non-hydrogen) atoms. The zero-order chi connectivity index (χ0) is 12.0. The van der Waals surface area contributed by atoms with Gasteiger partial charge < -0.3 is 26.2 Å². The molecule has 6 nitrogen and oxygen atoms in total. The molecule has 3 atom stereocenters. The molecule has 0 fully saturated rings. The van der Waals surface area contributed by atoms with Gasteiger partial charge >= 0.3 is 5.97 Å². The highest BCUT2D eigenvalue weighted by molar-refractivity contribution is 5.87. The molecule has 6 N–H and O–H groups in total. The van der Waals surface area contributed by atoms with Crippen molar-refractivity contribution in [2.24, 2.45) is 5.73 Å². The number of carboxylic acids is 1. The van der Waals surface area contributed by atoms with E-state index in [9.17, 15) is 4.79 Å². The fraction of sp³-hybridized carbons (Fsp3) is 0.667. The molecule has 6 heteroatoms. The maximum atomic E-state index is 10.4. The maximum Gasteiger partial charge on any atom is 0.331 e. The molecule has 0 aliphatic heterocycles. The second-order valence-corrected chi connectivity index (χ2v) is 3.16. The van der Waals surface area contributed by atoms with Gasteiger partial charge in [-0.3, -0.25) is 0 Å². The van der Waals surface area contributed by atoms with Crippen molar-refractivity contribution >= 4 is 5.97 Å². The van der Waals surface area contributed by atoms with Gasteiger partial charge in [-0.15, -0.1) is 0 Å². The number of carboxylic acid groups (broad SMARTS) is 1. The maximum absolute atomic E-state index is 10.4. The number of hydrogen-bond acceptors (Lipinski definition) is 5. The van der Waals surface area contributed by atoms with Crippen LogP contribution in [0, 0.1) is 0 Å². The van der Waals surface area contributed by atoms with E-state index in [-0.39, 0.29) is 12.0 Å². The van der Waals surface area contributed by atoms with Crippen LogP contribution in [0.25, 0.3) is 0 Å². The molecule has 0 aromatic heterocycles. The Hall–Kier alpha value is -0.950. The van der Waals surface area contributed by atoms with Gasteiger partial charge in [0, 0.05) is 12.0 Å². The average Bonchev–Trinajstić information content (AvgIpc) is 2.14. The van der Waals surface area contributed by atoms with E-state index in [1.165, 1.54) is 0 Å². The molecule has 1 rings (SSSR count). The summed E-state index contributed by atoms with van der Waals surface area (Å²) < 4.78 is 0. The molecular weight excluding hydrogens is 202 g/mol. The first-order valence-electron chi connectivity index (χ1n) is 4.62. The van der Waals surface area contributed by atoms with Gasteiger partial charge in [0.2, 0.25) is 0 Å². The van der Waals surface area contributed by atoms with Gasteiger partial charge in [-0.1, -0.05) is 6.92 Å². The van der Waals surface area contributed by atoms with Gasteiger partial charge in [-0.2, -0.15) is 0 Å². The molecule has 1 aliphatic carbocycles. The first-order valence-corrected chi connectivity index (χ1v) is 4.62. The van der Waals surface area contributed by atoms with E-state index >= 15 is 0 Å². The Morgan fingerprint density at radius 1 is 1.53 bits per heavy atom. The number of hydrogen-bond donors (Lipinski definition) is 5. The molecule has 1 aliphatic rings. The zero-order valence-corrected chi connectivity index (χ0v) is 8.50. The zero-order valence-electron chi connectivity index (χ0n) is 8.50. The van der Waals surface area contributed by atoms with Crippen LogP contribution in [0.5, 0.6) is 0 Å². The number of carbonyl (C=O) groups is 1. The third-order valence-corrected chi connectivity index (χ3v) is 1.82. The van der Waals surface area contributed by atoms with Crippen LogP contribution in [0.15, 0.2) is 11.6 Å². The summed E-state index contributed by atoms with van der Waals surface area (Å²) in [6, 6.07) is 0. The third kappa shape index (κ3) is 4.39. The summed E-state index contributed by atoms with van der Waals surface area (Å²) in [5.41, 5.74) is 4.78. The van der Waals surface area contributed by atoms with Crippen molar-refractivity contribution in [1.29, 1.82) is 0 Å². The van der Waals surface area contributed by atoms with Crippen LogP contribution in [0.2, 0.25) is 0 Å². The molecule has 0 saturated carbocycles. The van der Waals surface area contributed by atoms with Crippen LogP contribution < -0.4 is 5.73 Å². The van der Waals surface area contributed by atoms with E-state index in [1.807, 2.05) is 6.92 Å². The van der Waals surface area contributed by atoms with Crippen LogP contribution in [0.4, 0.5) is 0 Å². The molecule has 0 heterocycles. The SMILES string of the molecule is CCN.O=C(O)C1=CC(O)C(O)C(O)C1. The molecule has 0 spiro atoms. The molecule has 0 bridgehead atoms. The molecule has 0 aromatic carbocycles. The largest absolute Gasteiger partial charge is 0.478 e. The monoisotopic (exact) mass is 219 g/mol. The Labute approximate surface area is 87.6 Å². The lowest BCUT2D eigenvalue weighted by atomic mass is 9.92. The van der Waals surface area contributed by atoms with Gasteiger partial charge in [-0.05, 0) is 12.6 Å². The Balaban J connectivity index is 0.000000583. The van der Waals surface area contributed by atoms with Crippen LogP contribution in [-0.2, 0) is 4.79 Å². The van der Waals surface area contributed by atoms with Gasteiger partial charge in [0.1, 0.15) is 12.2 Å². The lowest BCUT2D eigenvalue weighted by Gasteiger charge is -2.25. The van der Waals surface area contributed by atoms with Crippen LogP contribution in [0.1, 0.15) is 13.3 Å². The minimum atomic E-state index is -1.29. The number of aliphatic hydroxyl groups excluding tert-OH is 3. The van der Waals surface area contributed by atoms with Crippen molar-refractivity contribution < 1.29 is 25.2 Å². The second-order valence-electron chi connectivity index (χ2n) is 3.16. The highest BCUT2D eigenvalue weighted by Gasteiger charge is 2.31. The summed E-state index contributed by atoms with van der Waals surface area (Å²) >= 11 is 0. The number of aliphatic carboxylic acids is 1. The van der Waals surface area contributed by atoms with E-state index in [4.69, 9.17) is 26.2 Å². The van der Waals surface area contributed by atoms with Crippen LogP contribution in [-0.4, -0.2) is 51.3 Å². The fourth-order valence-electron chi connectivity index (χ4n) is 1.11. The Bertz CT molecular complexity index is 241. The normalized spacial score (nSPS) is 29.9. The lowest BCUT2D eigenvalue weighted by molar-refractivity contribution is -0.134. The number of rotatable bonds is 1. The van der Waals surface area contributed by atoms with E-state index in [2.05, 4.69) is 0 Å². The summed E-state index contributed by atoms with van der Waals surface area (Å²) in [5, 5.41) is 35.6. The van der Waals surface area contributed by atoms with Gasteiger partial charge in [-0.25, -0.2) is 4.79 Å². The molecule has 0 amide bonds. The highest BCUT2D eigenvalue weighted by Crippen LogP contribution is 2.19. The van der Waals surface area contributed by atoms with E-state index < -0.39 is 24.3 Å².